The van der Waals surface area contributed by atoms with Crippen molar-refractivity contribution in [3.05, 3.63) is 88.2 Å². The molecule has 0 unspecified atom stereocenters. The summed E-state index contributed by atoms with van der Waals surface area (Å²) in [6, 6.07) is 13.1. The number of nitrogens with zero attached hydrogens (tertiary/aromatic N) is 1. The SMILES string of the molecule is COc1ccc(Cl)cc1C(=O)NCCc1ccc(S(=O)(=O)NC(=O)c2ccc(C(=O)NCCOC(C)=O)nc2)cc1. The molecule has 216 valence electrons. The highest BCUT2D eigenvalue weighted by Crippen LogP contribution is 2.22. The molecule has 3 aromatic rings. The van der Waals surface area contributed by atoms with Crippen LogP contribution in [0.15, 0.2) is 65.7 Å². The minimum atomic E-state index is -4.20. The van der Waals surface area contributed by atoms with Gasteiger partial charge in [-0.2, -0.15) is 0 Å². The summed E-state index contributed by atoms with van der Waals surface area (Å²) < 4.78 is 37.3. The van der Waals surface area contributed by atoms with Crippen molar-refractivity contribution in [1.29, 1.82) is 0 Å². The van der Waals surface area contributed by atoms with E-state index in [-0.39, 0.29) is 41.8 Å². The Labute approximate surface area is 241 Å². The van der Waals surface area contributed by atoms with Crippen molar-refractivity contribution in [1.82, 2.24) is 20.3 Å². The fourth-order valence-corrected chi connectivity index (χ4v) is 4.61. The van der Waals surface area contributed by atoms with Crippen molar-refractivity contribution in [2.24, 2.45) is 0 Å². The number of pyridine rings is 1. The predicted molar refractivity (Wildman–Crippen MR) is 148 cm³/mol. The molecule has 0 aliphatic heterocycles. The fraction of sp³-hybridized carbons (Fsp3) is 0.222. The van der Waals surface area contributed by atoms with Crippen LogP contribution in [0.1, 0.15) is 43.7 Å². The summed E-state index contributed by atoms with van der Waals surface area (Å²) in [4.78, 5) is 51.6. The fourth-order valence-electron chi connectivity index (χ4n) is 3.46. The number of sulfonamides is 1. The third-order valence-electron chi connectivity index (χ3n) is 5.52. The minimum Gasteiger partial charge on any atom is -0.496 e. The molecule has 3 N–H and O–H groups in total. The smallest absolute Gasteiger partial charge is 0.302 e. The zero-order chi connectivity index (χ0) is 30.0. The van der Waals surface area contributed by atoms with Crippen LogP contribution in [-0.2, 0) is 26.0 Å². The summed E-state index contributed by atoms with van der Waals surface area (Å²) in [5, 5.41) is 5.65. The lowest BCUT2D eigenvalue weighted by Crippen LogP contribution is -2.31. The number of halogens is 1. The molecule has 3 amide bonds. The molecule has 0 spiro atoms. The molecular weight excluding hydrogens is 576 g/mol. The van der Waals surface area contributed by atoms with E-state index in [4.69, 9.17) is 21.1 Å². The van der Waals surface area contributed by atoms with Gasteiger partial charge in [0.25, 0.3) is 27.7 Å². The number of carbonyl (C=O) groups is 4. The summed E-state index contributed by atoms with van der Waals surface area (Å²) in [6.45, 7) is 1.59. The topological polar surface area (TPSA) is 170 Å². The van der Waals surface area contributed by atoms with E-state index in [1.54, 1.807) is 24.3 Å². The van der Waals surface area contributed by atoms with Crippen molar-refractivity contribution < 1.29 is 37.1 Å². The van der Waals surface area contributed by atoms with Gasteiger partial charge in [0.15, 0.2) is 0 Å². The van der Waals surface area contributed by atoms with Gasteiger partial charge in [0.05, 0.1) is 29.7 Å². The van der Waals surface area contributed by atoms with Gasteiger partial charge < -0.3 is 20.1 Å². The number of amides is 3. The first-order valence-corrected chi connectivity index (χ1v) is 14.0. The van der Waals surface area contributed by atoms with Gasteiger partial charge in [-0.1, -0.05) is 23.7 Å². The number of hydrogen-bond donors (Lipinski definition) is 3. The van der Waals surface area contributed by atoms with Gasteiger partial charge in [0.2, 0.25) is 0 Å². The number of carbonyl (C=O) groups excluding carboxylic acids is 4. The average Bonchev–Trinajstić information content (AvgIpc) is 2.95. The number of benzene rings is 2. The number of ether oxygens (including phenoxy) is 2. The van der Waals surface area contributed by atoms with Crippen molar-refractivity contribution in [2.45, 2.75) is 18.2 Å². The molecule has 0 atom stereocenters. The number of nitrogens with one attached hydrogen (secondary N) is 3. The molecular formula is C27H27ClN4O8S. The third kappa shape index (κ3) is 9.01. The highest BCUT2D eigenvalue weighted by atomic mass is 35.5. The molecule has 0 aliphatic rings. The summed E-state index contributed by atoms with van der Waals surface area (Å²) >= 11 is 5.97. The molecule has 1 aromatic heterocycles. The molecule has 0 bridgehead atoms. The molecule has 0 saturated carbocycles. The van der Waals surface area contributed by atoms with Crippen LogP contribution < -0.4 is 20.1 Å². The highest BCUT2D eigenvalue weighted by Gasteiger charge is 2.20. The average molecular weight is 603 g/mol. The Bertz CT molecular complexity index is 1530. The molecule has 3 rings (SSSR count). The van der Waals surface area contributed by atoms with Crippen LogP contribution >= 0.6 is 11.6 Å². The molecule has 0 saturated heterocycles. The van der Waals surface area contributed by atoms with E-state index in [0.717, 1.165) is 11.8 Å². The van der Waals surface area contributed by atoms with E-state index in [2.05, 4.69) is 15.6 Å². The number of rotatable bonds is 12. The van der Waals surface area contributed by atoms with E-state index in [0.29, 0.717) is 22.8 Å². The second kappa shape index (κ2) is 14.2. The van der Waals surface area contributed by atoms with Crippen LogP contribution in [0, 0.1) is 0 Å². The summed E-state index contributed by atoms with van der Waals surface area (Å²) in [6.07, 6.45) is 1.48. The summed E-state index contributed by atoms with van der Waals surface area (Å²) in [5.41, 5.74) is 0.959. The number of aromatic nitrogens is 1. The van der Waals surface area contributed by atoms with E-state index >= 15 is 0 Å². The first-order chi connectivity index (χ1) is 19.5. The van der Waals surface area contributed by atoms with Gasteiger partial charge >= 0.3 is 5.97 Å². The maximum absolute atomic E-state index is 12.7. The normalized spacial score (nSPS) is 10.8. The predicted octanol–water partition coefficient (Wildman–Crippen LogP) is 2.13. The number of methoxy groups -OCH3 is 1. The van der Waals surface area contributed by atoms with Crippen molar-refractivity contribution >= 4 is 45.3 Å². The Kier molecular flexibility index (Phi) is 10.8. The summed E-state index contributed by atoms with van der Waals surface area (Å²) in [5.74, 6) is -1.94. The maximum atomic E-state index is 12.7. The van der Waals surface area contributed by atoms with Crippen LogP contribution in [-0.4, -0.2) is 63.9 Å². The zero-order valence-electron chi connectivity index (χ0n) is 22.1. The van der Waals surface area contributed by atoms with Crippen LogP contribution in [0.25, 0.3) is 0 Å². The van der Waals surface area contributed by atoms with Crippen molar-refractivity contribution in [2.75, 3.05) is 26.8 Å². The molecule has 0 aliphatic carbocycles. The van der Waals surface area contributed by atoms with E-state index in [1.807, 2.05) is 4.72 Å². The Hall–Kier alpha value is -4.49. The quantitative estimate of drug-likeness (QED) is 0.207. The zero-order valence-corrected chi connectivity index (χ0v) is 23.7. The largest absolute Gasteiger partial charge is 0.496 e. The van der Waals surface area contributed by atoms with Gasteiger partial charge in [-0.15, -0.1) is 0 Å². The lowest BCUT2D eigenvalue weighted by atomic mass is 10.1. The molecule has 0 fully saturated rings. The molecule has 14 heteroatoms. The summed E-state index contributed by atoms with van der Waals surface area (Å²) in [7, 11) is -2.75. The van der Waals surface area contributed by atoms with Gasteiger partial charge in [0, 0.05) is 24.7 Å². The van der Waals surface area contributed by atoms with E-state index in [9.17, 15) is 27.6 Å². The van der Waals surface area contributed by atoms with Crippen molar-refractivity contribution in [3.63, 3.8) is 0 Å². The Balaban J connectivity index is 1.52. The Morgan fingerprint density at radius 3 is 2.24 bits per heavy atom. The van der Waals surface area contributed by atoms with Crippen LogP contribution in [0.5, 0.6) is 5.75 Å². The third-order valence-corrected chi connectivity index (χ3v) is 7.10. The van der Waals surface area contributed by atoms with Gasteiger partial charge in [0.1, 0.15) is 18.1 Å². The maximum Gasteiger partial charge on any atom is 0.302 e. The molecule has 41 heavy (non-hydrogen) atoms. The minimum absolute atomic E-state index is 0.00339. The van der Waals surface area contributed by atoms with Crippen LogP contribution in [0.2, 0.25) is 5.02 Å². The lowest BCUT2D eigenvalue weighted by molar-refractivity contribution is -0.140. The monoisotopic (exact) mass is 602 g/mol. The Morgan fingerprint density at radius 2 is 1.61 bits per heavy atom. The molecule has 12 nitrogen and oxygen atoms in total. The van der Waals surface area contributed by atoms with E-state index in [1.165, 1.54) is 44.4 Å². The first kappa shape index (κ1) is 31.0. The van der Waals surface area contributed by atoms with Crippen LogP contribution in [0.3, 0.4) is 0 Å². The van der Waals surface area contributed by atoms with Gasteiger partial charge in [-0.25, -0.2) is 13.1 Å². The number of esters is 1. The van der Waals surface area contributed by atoms with Gasteiger partial charge in [-0.3, -0.25) is 24.2 Å². The Morgan fingerprint density at radius 1 is 0.902 bits per heavy atom. The molecule has 0 radical (unpaired) electrons. The second-order valence-electron chi connectivity index (χ2n) is 8.46. The van der Waals surface area contributed by atoms with E-state index < -0.39 is 27.8 Å². The highest BCUT2D eigenvalue weighted by molar-refractivity contribution is 7.90. The van der Waals surface area contributed by atoms with Gasteiger partial charge in [-0.05, 0) is 54.4 Å². The molecule has 1 heterocycles. The molecule has 2 aromatic carbocycles. The van der Waals surface area contributed by atoms with Crippen LogP contribution in [0.4, 0.5) is 0 Å². The standard InChI is InChI=1S/C27H27ClN4O8S/c1-17(33)40-14-13-30-27(36)23-9-5-19(16-31-23)25(34)32-41(37,38)21-7-3-18(4-8-21)11-12-29-26(35)22-15-20(28)6-10-24(22)39-2/h3-10,15-16H,11-14H2,1-2H3,(H,29,35)(H,30,36)(H,32,34). The number of hydrogen-bond acceptors (Lipinski definition) is 9. The van der Waals surface area contributed by atoms with Crippen molar-refractivity contribution in [3.8, 4) is 5.75 Å². The first-order valence-electron chi connectivity index (χ1n) is 12.2. The second-order valence-corrected chi connectivity index (χ2v) is 10.6. The lowest BCUT2D eigenvalue weighted by Gasteiger charge is -2.10.